The van der Waals surface area contributed by atoms with Crippen LogP contribution >= 0.6 is 0 Å². The summed E-state index contributed by atoms with van der Waals surface area (Å²) in [7, 11) is -6.00. The summed E-state index contributed by atoms with van der Waals surface area (Å²) in [4.78, 5) is 0. The molecule has 7 heteroatoms. The van der Waals surface area contributed by atoms with E-state index in [4.69, 9.17) is 0 Å². The molecule has 0 atom stereocenters. The van der Waals surface area contributed by atoms with Gasteiger partial charge < -0.3 is 17.3 Å². The quantitative estimate of drug-likeness (QED) is 0.426. The Labute approximate surface area is 93.0 Å². The lowest BCUT2D eigenvalue weighted by Gasteiger charge is -1.99. The van der Waals surface area contributed by atoms with Gasteiger partial charge in [-0.15, -0.1) is 0 Å². The molecule has 0 aromatic carbocycles. The fraction of sp³-hybridized carbons (Fsp3) is 0.667. The van der Waals surface area contributed by atoms with Crippen LogP contribution in [0.1, 0.15) is 39.8 Å². The van der Waals surface area contributed by atoms with Crippen molar-refractivity contribution < 1.29 is 21.8 Å². The molecule has 1 rings (SSSR count). The van der Waals surface area contributed by atoms with Crippen LogP contribution in [-0.2, 0) is 0 Å². The lowest BCUT2D eigenvalue weighted by Crippen LogP contribution is -2.33. The van der Waals surface area contributed by atoms with Crippen molar-refractivity contribution in [2.45, 2.75) is 39.8 Å². The van der Waals surface area contributed by atoms with Crippen LogP contribution in [0.25, 0.3) is 0 Å². The van der Waals surface area contributed by atoms with Gasteiger partial charge >= 0.3 is 7.25 Å². The molecular weight excluding hydrogens is 223 g/mol. The van der Waals surface area contributed by atoms with Gasteiger partial charge in [0.1, 0.15) is 12.4 Å². The average molecular weight is 240 g/mol. The molecule has 16 heavy (non-hydrogen) atoms. The normalized spacial score (nSPS) is 11.6. The van der Waals surface area contributed by atoms with E-state index < -0.39 is 7.25 Å². The molecule has 0 saturated carbocycles. The predicted octanol–water partition coefficient (Wildman–Crippen LogP) is 3.24. The van der Waals surface area contributed by atoms with Gasteiger partial charge in [-0.25, -0.2) is 9.13 Å². The molecule has 0 N–H and O–H groups in total. The molecule has 0 aliphatic carbocycles. The second-order valence-corrected chi connectivity index (χ2v) is 3.99. The lowest BCUT2D eigenvalue weighted by atomic mass is 10.3. The summed E-state index contributed by atoms with van der Waals surface area (Å²) in [6, 6.07) is 1.13. The van der Waals surface area contributed by atoms with Crippen molar-refractivity contribution >= 4 is 7.25 Å². The fourth-order valence-corrected chi connectivity index (χ4v) is 0.996. The maximum Gasteiger partial charge on any atom is 0.673 e. The third kappa shape index (κ3) is 7.31. The van der Waals surface area contributed by atoms with E-state index >= 15 is 0 Å². The van der Waals surface area contributed by atoms with E-state index in [0.29, 0.717) is 12.1 Å². The smallest absolute Gasteiger partial charge is 0.418 e. The molecule has 1 aromatic heterocycles. The molecule has 0 saturated heterocycles. The van der Waals surface area contributed by atoms with E-state index in [0.717, 1.165) is 0 Å². The van der Waals surface area contributed by atoms with Crippen molar-refractivity contribution in [2.75, 3.05) is 0 Å². The summed E-state index contributed by atoms with van der Waals surface area (Å²) in [5.74, 6) is 0. The maximum atomic E-state index is 9.75. The Morgan fingerprint density at radius 3 is 1.69 bits per heavy atom. The predicted molar refractivity (Wildman–Crippen MR) is 55.6 cm³/mol. The number of halogens is 4. The van der Waals surface area contributed by atoms with E-state index in [9.17, 15) is 17.3 Å². The van der Waals surface area contributed by atoms with E-state index in [1.165, 1.54) is 0 Å². The number of nitrogens with zero attached hydrogens (tertiary/aromatic N) is 2. The zero-order valence-electron chi connectivity index (χ0n) is 9.87. The number of hydrogen-bond acceptors (Lipinski definition) is 0. The molecule has 0 aliphatic heterocycles. The Kier molecular flexibility index (Phi) is 5.54. The molecule has 0 bridgehead atoms. The number of rotatable bonds is 2. The topological polar surface area (TPSA) is 8.81 Å². The van der Waals surface area contributed by atoms with Gasteiger partial charge in [0.2, 0.25) is 6.33 Å². The van der Waals surface area contributed by atoms with Crippen LogP contribution in [-0.4, -0.2) is 11.8 Å². The first-order valence-corrected chi connectivity index (χ1v) is 5.06. The van der Waals surface area contributed by atoms with Crippen LogP contribution in [0.4, 0.5) is 17.3 Å². The third-order valence-corrected chi connectivity index (χ3v) is 1.87. The molecule has 1 aromatic rings. The standard InChI is InChI=1S/C9H17N2.BF4/c1-8(2)10-5-6-11(7-10)9(3)4;2-1(3,4)5/h5-9H,1-4H3;/q+1;-1. The van der Waals surface area contributed by atoms with Gasteiger partial charge in [-0.05, 0) is 27.7 Å². The van der Waals surface area contributed by atoms with E-state index in [2.05, 4.69) is 55.6 Å². The first-order chi connectivity index (χ1) is 7.11. The Morgan fingerprint density at radius 2 is 1.50 bits per heavy atom. The Morgan fingerprint density at radius 1 is 1.06 bits per heavy atom. The minimum absolute atomic E-state index is 0.565. The average Bonchev–Trinajstić information content (AvgIpc) is 2.47. The largest absolute Gasteiger partial charge is 0.673 e. The van der Waals surface area contributed by atoms with Gasteiger partial charge in [-0.3, -0.25) is 0 Å². The van der Waals surface area contributed by atoms with Gasteiger partial charge in [0.15, 0.2) is 0 Å². The molecule has 0 fully saturated rings. The summed E-state index contributed by atoms with van der Waals surface area (Å²) in [5.41, 5.74) is 0. The molecular formula is C9H17BF4N2. The van der Waals surface area contributed by atoms with E-state index in [1.807, 2.05) is 0 Å². The fourth-order valence-electron chi connectivity index (χ4n) is 0.996. The Bertz CT molecular complexity index is 278. The highest BCUT2D eigenvalue weighted by molar-refractivity contribution is 6.50. The van der Waals surface area contributed by atoms with Gasteiger partial charge in [-0.1, -0.05) is 0 Å². The lowest BCUT2D eigenvalue weighted by molar-refractivity contribution is -0.715. The second kappa shape index (κ2) is 5.91. The molecule has 0 amide bonds. The first kappa shape index (κ1) is 15.0. The monoisotopic (exact) mass is 240 g/mol. The minimum Gasteiger partial charge on any atom is -0.418 e. The number of aromatic nitrogens is 2. The third-order valence-electron chi connectivity index (χ3n) is 1.87. The molecule has 2 nitrogen and oxygen atoms in total. The summed E-state index contributed by atoms with van der Waals surface area (Å²) in [5, 5.41) is 0. The van der Waals surface area contributed by atoms with Gasteiger partial charge in [-0.2, -0.15) is 0 Å². The molecule has 94 valence electrons. The number of hydrogen-bond donors (Lipinski definition) is 0. The summed E-state index contributed by atoms with van der Waals surface area (Å²) in [6.07, 6.45) is 6.38. The van der Waals surface area contributed by atoms with Gasteiger partial charge in [0, 0.05) is 0 Å². The highest BCUT2D eigenvalue weighted by Gasteiger charge is 2.20. The molecule has 0 unspecified atom stereocenters. The summed E-state index contributed by atoms with van der Waals surface area (Å²) in [6.45, 7) is 8.74. The number of imidazole rings is 1. The van der Waals surface area contributed by atoms with Gasteiger partial charge in [0.05, 0.1) is 12.1 Å². The van der Waals surface area contributed by atoms with Crippen molar-refractivity contribution in [3.63, 3.8) is 0 Å². The zero-order valence-corrected chi connectivity index (χ0v) is 9.87. The van der Waals surface area contributed by atoms with Crippen molar-refractivity contribution in [1.29, 1.82) is 0 Å². The highest BCUT2D eigenvalue weighted by Crippen LogP contribution is 2.06. The molecule has 1 heterocycles. The highest BCUT2D eigenvalue weighted by atomic mass is 19.5. The van der Waals surface area contributed by atoms with Crippen LogP contribution in [0, 0.1) is 0 Å². The summed E-state index contributed by atoms with van der Waals surface area (Å²) >= 11 is 0. The minimum atomic E-state index is -6.00. The maximum absolute atomic E-state index is 9.75. The van der Waals surface area contributed by atoms with Crippen LogP contribution < -0.4 is 4.57 Å². The molecule has 0 aliphatic rings. The van der Waals surface area contributed by atoms with E-state index in [1.54, 1.807) is 0 Å². The van der Waals surface area contributed by atoms with Crippen LogP contribution in [0.5, 0.6) is 0 Å². The van der Waals surface area contributed by atoms with Crippen LogP contribution in [0.3, 0.4) is 0 Å². The molecule has 0 radical (unpaired) electrons. The molecule has 0 spiro atoms. The SMILES string of the molecule is CC(C)n1cc[n+](C(C)C)c1.F[B-](F)(F)F. The van der Waals surface area contributed by atoms with Crippen LogP contribution in [0.2, 0.25) is 0 Å². The van der Waals surface area contributed by atoms with Crippen molar-refractivity contribution in [2.24, 2.45) is 0 Å². The Balaban J connectivity index is 0.000000385. The van der Waals surface area contributed by atoms with E-state index in [-0.39, 0.29) is 0 Å². The second-order valence-electron chi connectivity index (χ2n) is 3.99. The summed E-state index contributed by atoms with van der Waals surface area (Å²) < 4.78 is 43.4. The van der Waals surface area contributed by atoms with Crippen molar-refractivity contribution in [3.05, 3.63) is 18.7 Å². The first-order valence-electron chi connectivity index (χ1n) is 5.06. The van der Waals surface area contributed by atoms with Gasteiger partial charge in [0.25, 0.3) is 0 Å². The van der Waals surface area contributed by atoms with Crippen LogP contribution in [0.15, 0.2) is 18.7 Å². The van der Waals surface area contributed by atoms with Crippen molar-refractivity contribution in [1.82, 2.24) is 4.57 Å². The zero-order chi connectivity index (χ0) is 12.9. The Hall–Kier alpha value is -1.01. The van der Waals surface area contributed by atoms with Crippen molar-refractivity contribution in [3.8, 4) is 0 Å².